The molecule has 2 aliphatic heterocycles. The molecule has 0 aromatic rings. The first-order chi connectivity index (χ1) is 7.85. The Bertz CT molecular complexity index is 210. The van der Waals surface area contributed by atoms with Gasteiger partial charge in [-0.2, -0.15) is 0 Å². The highest BCUT2D eigenvalue weighted by atomic mass is 16.5. The third-order valence-corrected chi connectivity index (χ3v) is 4.28. The quantitative estimate of drug-likeness (QED) is 0.786. The molecule has 0 aromatic carbocycles. The smallest absolute Gasteiger partial charge is 0.0521 e. The molecule has 16 heavy (non-hydrogen) atoms. The molecule has 2 rings (SSSR count). The second kappa shape index (κ2) is 5.99. The van der Waals surface area contributed by atoms with Crippen LogP contribution in [0, 0.1) is 5.92 Å². The lowest BCUT2D eigenvalue weighted by Crippen LogP contribution is -2.47. The van der Waals surface area contributed by atoms with Crippen molar-refractivity contribution in [3.05, 3.63) is 0 Å². The topological polar surface area (TPSA) is 24.5 Å². The van der Waals surface area contributed by atoms with Gasteiger partial charge in [-0.1, -0.05) is 6.92 Å². The first-order valence-corrected chi connectivity index (χ1v) is 6.84. The average Bonchev–Trinajstić information content (AvgIpc) is 2.77. The number of hydrogen-bond acceptors (Lipinski definition) is 3. The van der Waals surface area contributed by atoms with Gasteiger partial charge in [0, 0.05) is 31.2 Å². The Morgan fingerprint density at radius 2 is 2.25 bits per heavy atom. The number of nitrogens with zero attached hydrogens (tertiary/aromatic N) is 1. The summed E-state index contributed by atoms with van der Waals surface area (Å²) in [4.78, 5) is 2.68. The van der Waals surface area contributed by atoms with E-state index in [2.05, 4.69) is 24.2 Å². The molecule has 3 heteroatoms. The summed E-state index contributed by atoms with van der Waals surface area (Å²) in [7, 11) is 2.09. The Hall–Kier alpha value is -0.120. The minimum absolute atomic E-state index is 0.659. The van der Waals surface area contributed by atoms with Crippen LogP contribution in [0.1, 0.15) is 32.6 Å². The molecule has 2 saturated heterocycles. The molecule has 3 nitrogen and oxygen atoms in total. The highest BCUT2D eigenvalue weighted by Gasteiger charge is 2.30. The van der Waals surface area contributed by atoms with E-state index in [-0.39, 0.29) is 0 Å². The van der Waals surface area contributed by atoms with E-state index >= 15 is 0 Å². The SMILES string of the molecule is CCC1CCCN1CC1COCCC1NC. The molecule has 0 aromatic heterocycles. The third kappa shape index (κ3) is 2.76. The molecule has 3 unspecified atom stereocenters. The van der Waals surface area contributed by atoms with Crippen LogP contribution in [0.2, 0.25) is 0 Å². The first kappa shape index (κ1) is 12.3. The molecule has 0 bridgehead atoms. The fourth-order valence-electron chi connectivity index (χ4n) is 3.26. The molecule has 3 atom stereocenters. The summed E-state index contributed by atoms with van der Waals surface area (Å²) in [5, 5.41) is 3.45. The van der Waals surface area contributed by atoms with Gasteiger partial charge in [0.25, 0.3) is 0 Å². The summed E-state index contributed by atoms with van der Waals surface area (Å²) >= 11 is 0. The van der Waals surface area contributed by atoms with Crippen molar-refractivity contribution in [2.24, 2.45) is 5.92 Å². The first-order valence-electron chi connectivity index (χ1n) is 6.84. The van der Waals surface area contributed by atoms with Crippen LogP contribution in [0.15, 0.2) is 0 Å². The van der Waals surface area contributed by atoms with Gasteiger partial charge in [0.1, 0.15) is 0 Å². The summed E-state index contributed by atoms with van der Waals surface area (Å²) in [6.45, 7) is 6.71. The highest BCUT2D eigenvalue weighted by Crippen LogP contribution is 2.24. The third-order valence-electron chi connectivity index (χ3n) is 4.28. The molecule has 0 saturated carbocycles. The van der Waals surface area contributed by atoms with Crippen molar-refractivity contribution in [3.63, 3.8) is 0 Å². The van der Waals surface area contributed by atoms with Gasteiger partial charge in [-0.15, -0.1) is 0 Å². The molecule has 0 aliphatic carbocycles. The van der Waals surface area contributed by atoms with Crippen LogP contribution in [-0.2, 0) is 4.74 Å². The molecular formula is C13H26N2O. The van der Waals surface area contributed by atoms with Gasteiger partial charge in [0.2, 0.25) is 0 Å². The number of ether oxygens (including phenoxy) is 1. The summed E-state index contributed by atoms with van der Waals surface area (Å²) in [5.41, 5.74) is 0. The lowest BCUT2D eigenvalue weighted by Gasteiger charge is -2.35. The van der Waals surface area contributed by atoms with Crippen molar-refractivity contribution < 1.29 is 4.74 Å². The highest BCUT2D eigenvalue weighted by molar-refractivity contribution is 4.85. The van der Waals surface area contributed by atoms with Crippen LogP contribution < -0.4 is 5.32 Å². The summed E-state index contributed by atoms with van der Waals surface area (Å²) in [6, 6.07) is 1.49. The number of likely N-dealkylation sites (tertiary alicyclic amines) is 1. The van der Waals surface area contributed by atoms with Crippen LogP contribution in [0.3, 0.4) is 0 Å². The minimum Gasteiger partial charge on any atom is -0.381 e. The second-order valence-corrected chi connectivity index (χ2v) is 5.22. The van der Waals surface area contributed by atoms with E-state index in [0.717, 1.165) is 19.3 Å². The molecule has 94 valence electrons. The molecule has 2 heterocycles. The van der Waals surface area contributed by atoms with E-state index < -0.39 is 0 Å². The molecule has 0 radical (unpaired) electrons. The largest absolute Gasteiger partial charge is 0.381 e. The molecule has 2 aliphatic rings. The predicted molar refractivity (Wildman–Crippen MR) is 66.7 cm³/mol. The molecular weight excluding hydrogens is 200 g/mol. The van der Waals surface area contributed by atoms with Crippen molar-refractivity contribution in [2.75, 3.05) is 33.4 Å². The Morgan fingerprint density at radius 3 is 3.00 bits per heavy atom. The van der Waals surface area contributed by atoms with Crippen molar-refractivity contribution in [2.45, 2.75) is 44.7 Å². The molecule has 0 amide bonds. The van der Waals surface area contributed by atoms with E-state index in [1.165, 1.54) is 38.8 Å². The van der Waals surface area contributed by atoms with Crippen LogP contribution in [0.25, 0.3) is 0 Å². The normalized spacial score (nSPS) is 36.8. The van der Waals surface area contributed by atoms with Crippen LogP contribution in [-0.4, -0.2) is 50.3 Å². The number of rotatable bonds is 4. The van der Waals surface area contributed by atoms with E-state index in [1.807, 2.05) is 0 Å². The standard InChI is InChI=1S/C13H26N2O/c1-3-12-5-4-7-15(12)9-11-10-16-8-6-13(11)14-2/h11-14H,3-10H2,1-2H3. The van der Waals surface area contributed by atoms with Gasteiger partial charge in [-0.25, -0.2) is 0 Å². The van der Waals surface area contributed by atoms with Crippen LogP contribution in [0.5, 0.6) is 0 Å². The average molecular weight is 226 g/mol. The van der Waals surface area contributed by atoms with Crippen molar-refractivity contribution in [3.8, 4) is 0 Å². The fraction of sp³-hybridized carbons (Fsp3) is 1.00. The monoisotopic (exact) mass is 226 g/mol. The number of hydrogen-bond donors (Lipinski definition) is 1. The Morgan fingerprint density at radius 1 is 1.38 bits per heavy atom. The van der Waals surface area contributed by atoms with Gasteiger partial charge in [-0.3, -0.25) is 4.90 Å². The summed E-state index contributed by atoms with van der Waals surface area (Å²) < 4.78 is 5.63. The lowest BCUT2D eigenvalue weighted by atomic mass is 9.95. The molecule has 1 N–H and O–H groups in total. The zero-order chi connectivity index (χ0) is 11.4. The van der Waals surface area contributed by atoms with Gasteiger partial charge in [0.05, 0.1) is 6.61 Å². The van der Waals surface area contributed by atoms with Crippen molar-refractivity contribution >= 4 is 0 Å². The lowest BCUT2D eigenvalue weighted by molar-refractivity contribution is 0.0164. The Kier molecular flexibility index (Phi) is 4.62. The molecule has 0 spiro atoms. The maximum absolute atomic E-state index is 5.63. The van der Waals surface area contributed by atoms with E-state index in [9.17, 15) is 0 Å². The zero-order valence-corrected chi connectivity index (χ0v) is 10.7. The summed E-state index contributed by atoms with van der Waals surface area (Å²) in [5.74, 6) is 0.686. The number of nitrogens with one attached hydrogen (secondary N) is 1. The zero-order valence-electron chi connectivity index (χ0n) is 10.7. The van der Waals surface area contributed by atoms with Gasteiger partial charge < -0.3 is 10.1 Å². The van der Waals surface area contributed by atoms with Crippen molar-refractivity contribution in [1.29, 1.82) is 0 Å². The predicted octanol–water partition coefficient (Wildman–Crippen LogP) is 1.49. The van der Waals surface area contributed by atoms with E-state index in [1.54, 1.807) is 0 Å². The van der Waals surface area contributed by atoms with Gasteiger partial charge >= 0.3 is 0 Å². The van der Waals surface area contributed by atoms with Crippen molar-refractivity contribution in [1.82, 2.24) is 10.2 Å². The minimum atomic E-state index is 0.659. The maximum Gasteiger partial charge on any atom is 0.0521 e. The fourth-order valence-corrected chi connectivity index (χ4v) is 3.26. The Balaban J connectivity index is 1.86. The van der Waals surface area contributed by atoms with Gasteiger partial charge in [0.15, 0.2) is 0 Å². The van der Waals surface area contributed by atoms with Crippen LogP contribution in [0.4, 0.5) is 0 Å². The maximum atomic E-state index is 5.63. The van der Waals surface area contributed by atoms with Crippen LogP contribution >= 0.6 is 0 Å². The van der Waals surface area contributed by atoms with E-state index in [4.69, 9.17) is 4.74 Å². The molecule has 2 fully saturated rings. The van der Waals surface area contributed by atoms with E-state index in [0.29, 0.717) is 12.0 Å². The summed E-state index contributed by atoms with van der Waals surface area (Å²) in [6.07, 6.45) is 5.26. The van der Waals surface area contributed by atoms with Gasteiger partial charge in [-0.05, 0) is 39.3 Å². The second-order valence-electron chi connectivity index (χ2n) is 5.22. The Labute approximate surface area is 99.5 Å².